The lowest BCUT2D eigenvalue weighted by Crippen LogP contribution is -2.24. The zero-order valence-electron chi connectivity index (χ0n) is 11.7. The lowest BCUT2D eigenvalue weighted by molar-refractivity contribution is 0.616. The Kier molecular flexibility index (Phi) is 5.60. The molecule has 0 heterocycles. The smallest absolute Gasteiger partial charge is 0.137 e. The van der Waals surface area contributed by atoms with Crippen LogP contribution in [0.4, 0.5) is 10.1 Å². The molecule has 0 saturated carbocycles. The number of anilines is 1. The molecule has 2 aromatic carbocycles. The first-order chi connectivity index (χ1) is 9.72. The van der Waals surface area contributed by atoms with Crippen molar-refractivity contribution in [3.63, 3.8) is 0 Å². The van der Waals surface area contributed by atoms with Gasteiger partial charge in [0, 0.05) is 18.8 Å². The van der Waals surface area contributed by atoms with Crippen LogP contribution in [0.15, 0.2) is 53.0 Å². The summed E-state index contributed by atoms with van der Waals surface area (Å²) in [5, 5.41) is 0. The molecular formula is C17H19BrFN. The molecule has 0 spiro atoms. The third-order valence-corrected chi connectivity index (χ3v) is 4.18. The molecule has 1 nitrogen and oxygen atoms in total. The van der Waals surface area contributed by atoms with Gasteiger partial charge in [-0.15, -0.1) is 0 Å². The van der Waals surface area contributed by atoms with E-state index in [0.717, 1.165) is 24.9 Å². The van der Waals surface area contributed by atoms with Crippen molar-refractivity contribution < 1.29 is 4.39 Å². The summed E-state index contributed by atoms with van der Waals surface area (Å²) in [5.41, 5.74) is 2.15. The Labute approximate surface area is 128 Å². The summed E-state index contributed by atoms with van der Waals surface area (Å²) in [6, 6.07) is 15.5. The molecule has 0 aliphatic carbocycles. The predicted molar refractivity (Wildman–Crippen MR) is 86.5 cm³/mol. The van der Waals surface area contributed by atoms with Crippen LogP contribution < -0.4 is 4.90 Å². The van der Waals surface area contributed by atoms with Gasteiger partial charge in [0.05, 0.1) is 4.47 Å². The van der Waals surface area contributed by atoms with E-state index in [4.69, 9.17) is 0 Å². The van der Waals surface area contributed by atoms with Crippen molar-refractivity contribution in [1.29, 1.82) is 0 Å². The van der Waals surface area contributed by atoms with Gasteiger partial charge in [0.25, 0.3) is 0 Å². The minimum absolute atomic E-state index is 0.203. The van der Waals surface area contributed by atoms with Crippen molar-refractivity contribution in [3.05, 3.63) is 64.4 Å². The highest BCUT2D eigenvalue weighted by atomic mass is 79.9. The maximum atomic E-state index is 13.6. The van der Waals surface area contributed by atoms with Crippen LogP contribution in [0.2, 0.25) is 0 Å². The largest absolute Gasteiger partial charge is 0.367 e. The first-order valence-electron chi connectivity index (χ1n) is 6.95. The normalized spacial score (nSPS) is 10.6. The van der Waals surface area contributed by atoms with Crippen molar-refractivity contribution in [1.82, 2.24) is 0 Å². The summed E-state index contributed by atoms with van der Waals surface area (Å²) in [6.07, 6.45) is 2.27. The first kappa shape index (κ1) is 15.0. The molecule has 2 rings (SSSR count). The van der Waals surface area contributed by atoms with Crippen molar-refractivity contribution in [2.24, 2.45) is 0 Å². The molecule has 3 heteroatoms. The molecule has 0 atom stereocenters. The summed E-state index contributed by atoms with van der Waals surface area (Å²) in [6.45, 7) is 3.87. The molecule has 0 N–H and O–H groups in total. The van der Waals surface area contributed by atoms with Crippen molar-refractivity contribution in [3.8, 4) is 0 Å². The van der Waals surface area contributed by atoms with Crippen LogP contribution in [0.3, 0.4) is 0 Å². The van der Waals surface area contributed by atoms with E-state index in [9.17, 15) is 4.39 Å². The lowest BCUT2D eigenvalue weighted by Gasteiger charge is -2.25. The van der Waals surface area contributed by atoms with Gasteiger partial charge in [-0.3, -0.25) is 0 Å². The summed E-state index contributed by atoms with van der Waals surface area (Å²) in [5.74, 6) is -0.203. The van der Waals surface area contributed by atoms with Gasteiger partial charge in [0.2, 0.25) is 0 Å². The molecular weight excluding hydrogens is 317 g/mol. The van der Waals surface area contributed by atoms with E-state index < -0.39 is 0 Å². The number of benzene rings is 2. The van der Waals surface area contributed by atoms with Crippen LogP contribution in [-0.2, 0) is 6.54 Å². The Hall–Kier alpha value is -1.35. The van der Waals surface area contributed by atoms with Crippen LogP contribution >= 0.6 is 15.9 Å². The fourth-order valence-corrected chi connectivity index (χ4v) is 2.55. The van der Waals surface area contributed by atoms with Crippen LogP contribution in [0.5, 0.6) is 0 Å². The number of para-hydroxylation sites is 1. The Morgan fingerprint density at radius 3 is 2.50 bits per heavy atom. The van der Waals surface area contributed by atoms with Gasteiger partial charge >= 0.3 is 0 Å². The van der Waals surface area contributed by atoms with E-state index in [1.807, 2.05) is 24.3 Å². The maximum absolute atomic E-state index is 13.6. The van der Waals surface area contributed by atoms with E-state index in [1.54, 1.807) is 6.07 Å². The SMILES string of the molecule is CCCCN(Cc1cccc(F)c1Br)c1ccccc1. The quantitative estimate of drug-likeness (QED) is 0.683. The van der Waals surface area contributed by atoms with Crippen molar-refractivity contribution in [2.75, 3.05) is 11.4 Å². The van der Waals surface area contributed by atoms with Gasteiger partial charge in [-0.25, -0.2) is 4.39 Å². The molecule has 0 bridgehead atoms. The van der Waals surface area contributed by atoms with Gasteiger partial charge in [-0.1, -0.05) is 43.7 Å². The first-order valence-corrected chi connectivity index (χ1v) is 7.74. The van der Waals surface area contributed by atoms with Crippen LogP contribution in [0.25, 0.3) is 0 Å². The van der Waals surface area contributed by atoms with E-state index in [1.165, 1.54) is 11.8 Å². The maximum Gasteiger partial charge on any atom is 0.137 e. The summed E-state index contributed by atoms with van der Waals surface area (Å²) >= 11 is 3.35. The zero-order valence-corrected chi connectivity index (χ0v) is 13.2. The predicted octanol–water partition coefficient (Wildman–Crippen LogP) is 5.39. The molecule has 0 aliphatic heterocycles. The van der Waals surface area contributed by atoms with Crippen LogP contribution in [0, 0.1) is 5.82 Å². The fraction of sp³-hybridized carbons (Fsp3) is 0.294. The highest BCUT2D eigenvalue weighted by Gasteiger charge is 2.11. The molecule has 0 saturated heterocycles. The number of nitrogens with zero attached hydrogens (tertiary/aromatic N) is 1. The lowest BCUT2D eigenvalue weighted by atomic mass is 10.1. The summed E-state index contributed by atoms with van der Waals surface area (Å²) < 4.78 is 14.2. The number of hydrogen-bond donors (Lipinski definition) is 0. The second-order valence-corrected chi connectivity index (χ2v) is 5.62. The third kappa shape index (κ3) is 3.83. The minimum Gasteiger partial charge on any atom is -0.367 e. The van der Waals surface area contributed by atoms with E-state index in [2.05, 4.69) is 39.9 Å². The van der Waals surface area contributed by atoms with Gasteiger partial charge in [0.15, 0.2) is 0 Å². The highest BCUT2D eigenvalue weighted by molar-refractivity contribution is 9.10. The van der Waals surface area contributed by atoms with Gasteiger partial charge in [-0.2, -0.15) is 0 Å². The molecule has 2 aromatic rings. The van der Waals surface area contributed by atoms with E-state index in [0.29, 0.717) is 11.0 Å². The standard InChI is InChI=1S/C17H19BrFN/c1-2-3-12-20(15-9-5-4-6-10-15)13-14-8-7-11-16(19)17(14)18/h4-11H,2-3,12-13H2,1H3. The topological polar surface area (TPSA) is 3.24 Å². The molecule has 0 radical (unpaired) electrons. The monoisotopic (exact) mass is 335 g/mol. The number of halogens is 2. The average molecular weight is 336 g/mol. The minimum atomic E-state index is -0.203. The molecule has 0 unspecified atom stereocenters. The van der Waals surface area contributed by atoms with Crippen molar-refractivity contribution in [2.45, 2.75) is 26.3 Å². The summed E-state index contributed by atoms with van der Waals surface area (Å²) in [4.78, 5) is 2.29. The molecule has 0 aliphatic rings. The van der Waals surface area contributed by atoms with Gasteiger partial charge < -0.3 is 4.90 Å². The van der Waals surface area contributed by atoms with Crippen molar-refractivity contribution >= 4 is 21.6 Å². The highest BCUT2D eigenvalue weighted by Crippen LogP contribution is 2.24. The van der Waals surface area contributed by atoms with Crippen LogP contribution in [0.1, 0.15) is 25.3 Å². The molecule has 0 aromatic heterocycles. The van der Waals surface area contributed by atoms with Gasteiger partial charge in [0.1, 0.15) is 5.82 Å². The molecule has 0 fully saturated rings. The fourth-order valence-electron chi connectivity index (χ4n) is 2.16. The van der Waals surface area contributed by atoms with Gasteiger partial charge in [-0.05, 0) is 46.1 Å². The Bertz CT molecular complexity index is 542. The number of unbranched alkanes of at least 4 members (excludes halogenated alkanes) is 1. The second-order valence-electron chi connectivity index (χ2n) is 4.82. The molecule has 20 heavy (non-hydrogen) atoms. The van der Waals surface area contributed by atoms with E-state index >= 15 is 0 Å². The summed E-state index contributed by atoms with van der Waals surface area (Å²) in [7, 11) is 0. The molecule has 0 amide bonds. The Morgan fingerprint density at radius 1 is 1.05 bits per heavy atom. The average Bonchev–Trinajstić information content (AvgIpc) is 2.48. The van der Waals surface area contributed by atoms with E-state index in [-0.39, 0.29) is 5.82 Å². The third-order valence-electron chi connectivity index (χ3n) is 3.30. The number of rotatable bonds is 6. The zero-order chi connectivity index (χ0) is 14.4. The second kappa shape index (κ2) is 7.44. The Balaban J connectivity index is 2.21. The molecule has 106 valence electrons. The Morgan fingerprint density at radius 2 is 1.80 bits per heavy atom. The van der Waals surface area contributed by atoms with Crippen LogP contribution in [-0.4, -0.2) is 6.54 Å². The number of hydrogen-bond acceptors (Lipinski definition) is 1.